The lowest BCUT2D eigenvalue weighted by molar-refractivity contribution is 0.0730. The Bertz CT molecular complexity index is 705. The van der Waals surface area contributed by atoms with Crippen molar-refractivity contribution < 1.29 is 17.9 Å². The van der Waals surface area contributed by atoms with Crippen molar-refractivity contribution in [3.63, 3.8) is 0 Å². The maximum absolute atomic E-state index is 12.9. The third kappa shape index (κ3) is 3.63. The number of rotatable bonds is 4. The van der Waals surface area contributed by atoms with Crippen LogP contribution in [0.25, 0.3) is 0 Å². The predicted octanol–water partition coefficient (Wildman–Crippen LogP) is 1.69. The zero-order valence-electron chi connectivity index (χ0n) is 14.0. The van der Waals surface area contributed by atoms with Crippen LogP contribution in [0, 0.1) is 6.92 Å². The molecule has 1 heterocycles. The Morgan fingerprint density at radius 2 is 1.88 bits per heavy atom. The summed E-state index contributed by atoms with van der Waals surface area (Å²) in [5.41, 5.74) is 1.05. The smallest absolute Gasteiger partial charge is 0.251 e. The van der Waals surface area contributed by atoms with Gasteiger partial charge in [-0.05, 0) is 37.5 Å². The number of carbonyl (C=O) groups is 1. The van der Waals surface area contributed by atoms with Crippen LogP contribution in [0.2, 0.25) is 0 Å². The quantitative estimate of drug-likeness (QED) is 0.895. The molecule has 1 N–H and O–H groups in total. The van der Waals surface area contributed by atoms with E-state index >= 15 is 0 Å². The van der Waals surface area contributed by atoms with Gasteiger partial charge in [-0.15, -0.1) is 0 Å². The third-order valence-corrected chi connectivity index (χ3v) is 6.77. The van der Waals surface area contributed by atoms with Gasteiger partial charge in [-0.3, -0.25) is 4.79 Å². The van der Waals surface area contributed by atoms with Crippen LogP contribution in [0.1, 0.15) is 41.6 Å². The molecule has 1 saturated heterocycles. The number of hydrogen-bond acceptors (Lipinski definition) is 4. The van der Waals surface area contributed by atoms with Crippen molar-refractivity contribution in [2.75, 3.05) is 26.3 Å². The molecule has 1 aromatic carbocycles. The number of hydrogen-bond donors (Lipinski definition) is 1. The highest BCUT2D eigenvalue weighted by Gasteiger charge is 2.28. The highest BCUT2D eigenvalue weighted by atomic mass is 32.2. The summed E-state index contributed by atoms with van der Waals surface area (Å²) in [6.45, 7) is 3.26. The number of sulfonamides is 1. The molecular weight excluding hydrogens is 328 g/mol. The molecule has 2 fully saturated rings. The second-order valence-electron chi connectivity index (χ2n) is 6.45. The zero-order chi connectivity index (χ0) is 17.2. The first kappa shape index (κ1) is 17.4. The second-order valence-corrected chi connectivity index (χ2v) is 8.36. The predicted molar refractivity (Wildman–Crippen MR) is 90.5 cm³/mol. The lowest BCUT2D eigenvalue weighted by Crippen LogP contribution is -2.41. The average Bonchev–Trinajstić information content (AvgIpc) is 3.09. The highest BCUT2D eigenvalue weighted by molar-refractivity contribution is 7.89. The lowest BCUT2D eigenvalue weighted by atomic mass is 10.1. The molecule has 0 bridgehead atoms. The van der Waals surface area contributed by atoms with Gasteiger partial charge in [0.2, 0.25) is 10.0 Å². The summed E-state index contributed by atoms with van der Waals surface area (Å²) in [6, 6.07) is 5.11. The van der Waals surface area contributed by atoms with Gasteiger partial charge in [0.15, 0.2) is 0 Å². The summed E-state index contributed by atoms with van der Waals surface area (Å²) >= 11 is 0. The highest BCUT2D eigenvalue weighted by Crippen LogP contribution is 2.23. The Balaban J connectivity index is 1.84. The maximum atomic E-state index is 12.9. The molecule has 2 aliphatic rings. The van der Waals surface area contributed by atoms with Crippen molar-refractivity contribution in [1.29, 1.82) is 0 Å². The molecule has 0 radical (unpaired) electrons. The minimum atomic E-state index is -3.60. The molecule has 24 heavy (non-hydrogen) atoms. The standard InChI is InChI=1S/C17H24N2O4S/c1-13-6-7-14(17(20)18-15-4-2-3-5-15)12-16(13)24(21,22)19-8-10-23-11-9-19/h6-7,12,15H,2-5,8-11H2,1H3,(H,18,20). The van der Waals surface area contributed by atoms with Gasteiger partial charge < -0.3 is 10.1 Å². The topological polar surface area (TPSA) is 75.7 Å². The zero-order valence-corrected chi connectivity index (χ0v) is 14.8. The first-order valence-corrected chi connectivity index (χ1v) is 9.92. The summed E-state index contributed by atoms with van der Waals surface area (Å²) < 4.78 is 32.4. The molecule has 3 rings (SSSR count). The van der Waals surface area contributed by atoms with Crippen molar-refractivity contribution in [3.05, 3.63) is 29.3 Å². The Hall–Kier alpha value is -1.44. The van der Waals surface area contributed by atoms with E-state index in [0.717, 1.165) is 25.7 Å². The fourth-order valence-corrected chi connectivity index (χ4v) is 4.94. The normalized spacial score (nSPS) is 20.2. The van der Waals surface area contributed by atoms with E-state index in [0.29, 0.717) is 37.4 Å². The van der Waals surface area contributed by atoms with Gasteiger partial charge in [0.25, 0.3) is 5.91 Å². The van der Waals surface area contributed by atoms with E-state index in [1.54, 1.807) is 19.1 Å². The van der Waals surface area contributed by atoms with Crippen LogP contribution in [0.5, 0.6) is 0 Å². The molecular formula is C17H24N2O4S. The minimum Gasteiger partial charge on any atom is -0.379 e. The summed E-state index contributed by atoms with van der Waals surface area (Å²) in [6.07, 6.45) is 4.26. The second kappa shape index (κ2) is 7.21. The van der Waals surface area contributed by atoms with E-state index in [4.69, 9.17) is 4.74 Å². The van der Waals surface area contributed by atoms with E-state index in [2.05, 4.69) is 5.32 Å². The van der Waals surface area contributed by atoms with E-state index in [9.17, 15) is 13.2 Å². The summed E-state index contributed by atoms with van der Waals surface area (Å²) in [5.74, 6) is -0.194. The van der Waals surface area contributed by atoms with Gasteiger partial charge in [0.05, 0.1) is 18.1 Å². The monoisotopic (exact) mass is 352 g/mol. The van der Waals surface area contributed by atoms with Crippen LogP contribution in [0.3, 0.4) is 0 Å². The molecule has 0 atom stereocenters. The first-order chi connectivity index (χ1) is 11.5. The Morgan fingerprint density at radius 3 is 2.54 bits per heavy atom. The van der Waals surface area contributed by atoms with Crippen molar-refractivity contribution in [3.8, 4) is 0 Å². The summed E-state index contributed by atoms with van der Waals surface area (Å²) in [4.78, 5) is 12.6. The van der Waals surface area contributed by atoms with E-state index < -0.39 is 10.0 Å². The number of nitrogens with one attached hydrogen (secondary N) is 1. The lowest BCUT2D eigenvalue weighted by Gasteiger charge is -2.26. The largest absolute Gasteiger partial charge is 0.379 e. The molecule has 132 valence electrons. The van der Waals surface area contributed by atoms with Crippen molar-refractivity contribution >= 4 is 15.9 Å². The molecule has 1 aromatic rings. The van der Waals surface area contributed by atoms with Crippen LogP contribution >= 0.6 is 0 Å². The molecule has 1 amide bonds. The molecule has 1 aliphatic heterocycles. The molecule has 0 unspecified atom stereocenters. The third-order valence-electron chi connectivity index (χ3n) is 4.73. The van der Waals surface area contributed by atoms with Gasteiger partial charge >= 0.3 is 0 Å². The van der Waals surface area contributed by atoms with Crippen LogP contribution in [0.15, 0.2) is 23.1 Å². The van der Waals surface area contributed by atoms with E-state index in [1.165, 1.54) is 10.4 Å². The van der Waals surface area contributed by atoms with Crippen LogP contribution in [0.4, 0.5) is 0 Å². The fourth-order valence-electron chi connectivity index (χ4n) is 3.28. The molecule has 1 saturated carbocycles. The van der Waals surface area contributed by atoms with E-state index in [-0.39, 0.29) is 16.8 Å². The minimum absolute atomic E-state index is 0.194. The molecule has 7 heteroatoms. The Kier molecular flexibility index (Phi) is 5.22. The molecule has 1 aliphatic carbocycles. The fraction of sp³-hybridized carbons (Fsp3) is 0.588. The number of amides is 1. The number of benzene rings is 1. The van der Waals surface area contributed by atoms with Crippen LogP contribution in [-0.4, -0.2) is 51.0 Å². The van der Waals surface area contributed by atoms with Crippen molar-refractivity contribution in [1.82, 2.24) is 9.62 Å². The van der Waals surface area contributed by atoms with Gasteiger partial charge in [0, 0.05) is 24.7 Å². The SMILES string of the molecule is Cc1ccc(C(=O)NC2CCCC2)cc1S(=O)(=O)N1CCOCC1. The Morgan fingerprint density at radius 1 is 1.21 bits per heavy atom. The van der Waals surface area contributed by atoms with Crippen LogP contribution < -0.4 is 5.32 Å². The van der Waals surface area contributed by atoms with Gasteiger partial charge in [-0.1, -0.05) is 18.9 Å². The molecule has 0 aromatic heterocycles. The number of ether oxygens (including phenoxy) is 1. The number of morpholine rings is 1. The Labute approximate surface area is 143 Å². The van der Waals surface area contributed by atoms with Crippen molar-refractivity contribution in [2.24, 2.45) is 0 Å². The van der Waals surface area contributed by atoms with Gasteiger partial charge in [-0.25, -0.2) is 8.42 Å². The molecule has 6 nitrogen and oxygen atoms in total. The molecule has 0 spiro atoms. The van der Waals surface area contributed by atoms with Gasteiger partial charge in [0.1, 0.15) is 0 Å². The number of carbonyl (C=O) groups excluding carboxylic acids is 1. The first-order valence-electron chi connectivity index (χ1n) is 8.48. The summed E-state index contributed by atoms with van der Waals surface area (Å²) in [5, 5.41) is 3.01. The van der Waals surface area contributed by atoms with Gasteiger partial charge in [-0.2, -0.15) is 4.31 Å². The van der Waals surface area contributed by atoms with Crippen LogP contribution in [-0.2, 0) is 14.8 Å². The number of aryl methyl sites for hydroxylation is 1. The van der Waals surface area contributed by atoms with E-state index in [1.807, 2.05) is 0 Å². The number of nitrogens with zero attached hydrogens (tertiary/aromatic N) is 1. The average molecular weight is 352 g/mol. The van der Waals surface area contributed by atoms with Crippen molar-refractivity contribution in [2.45, 2.75) is 43.5 Å². The summed E-state index contributed by atoms with van der Waals surface area (Å²) in [7, 11) is -3.60. The maximum Gasteiger partial charge on any atom is 0.251 e.